The fraction of sp³-hybridized carbons (Fsp3) is 0.562. The van der Waals surface area contributed by atoms with Gasteiger partial charge in [0.1, 0.15) is 0 Å². The minimum atomic E-state index is -0.0638. The van der Waals surface area contributed by atoms with Gasteiger partial charge < -0.3 is 10.2 Å². The maximum absolute atomic E-state index is 12.5. The van der Waals surface area contributed by atoms with Crippen LogP contribution in [0.4, 0.5) is 0 Å². The van der Waals surface area contributed by atoms with Gasteiger partial charge in [-0.3, -0.25) is 4.79 Å². The van der Waals surface area contributed by atoms with Gasteiger partial charge in [0.05, 0.1) is 12.1 Å². The zero-order chi connectivity index (χ0) is 13.5. The van der Waals surface area contributed by atoms with E-state index in [1.54, 1.807) is 0 Å². The van der Waals surface area contributed by atoms with Crippen LogP contribution in [-0.4, -0.2) is 29.9 Å². The maximum Gasteiger partial charge on any atom is 0.239 e. The predicted molar refractivity (Wildman–Crippen MR) is 75.7 cm³/mol. The third-order valence-corrected chi connectivity index (χ3v) is 4.65. The van der Waals surface area contributed by atoms with Gasteiger partial charge in [-0.15, -0.1) is 0 Å². The maximum atomic E-state index is 12.5. The average molecular weight is 258 g/mol. The van der Waals surface area contributed by atoms with E-state index in [0.717, 1.165) is 13.1 Å². The number of hydrogen-bond donors (Lipinski definition) is 1. The number of amides is 1. The van der Waals surface area contributed by atoms with Crippen molar-refractivity contribution in [2.24, 2.45) is 5.41 Å². The van der Waals surface area contributed by atoms with E-state index in [9.17, 15) is 4.79 Å². The van der Waals surface area contributed by atoms with Crippen LogP contribution in [-0.2, 0) is 4.79 Å². The molecule has 1 saturated heterocycles. The number of rotatable bonds is 2. The number of nitrogens with one attached hydrogen (secondary N) is 1. The number of hydrogen-bond acceptors (Lipinski definition) is 2. The fourth-order valence-corrected chi connectivity index (χ4v) is 2.95. The molecule has 1 aliphatic carbocycles. The van der Waals surface area contributed by atoms with Crippen LogP contribution in [0.2, 0.25) is 0 Å². The molecule has 0 aromatic heterocycles. The minimum absolute atomic E-state index is 0.0638. The average Bonchev–Trinajstić information content (AvgIpc) is 3.23. The van der Waals surface area contributed by atoms with Crippen molar-refractivity contribution in [3.05, 3.63) is 35.9 Å². The molecular weight excluding hydrogens is 236 g/mol. The Bertz CT molecular complexity index is 467. The van der Waals surface area contributed by atoms with Gasteiger partial charge in [-0.2, -0.15) is 0 Å². The molecule has 1 aliphatic heterocycles. The molecule has 1 saturated carbocycles. The van der Waals surface area contributed by atoms with Gasteiger partial charge >= 0.3 is 0 Å². The first-order chi connectivity index (χ1) is 9.11. The van der Waals surface area contributed by atoms with E-state index < -0.39 is 0 Å². The van der Waals surface area contributed by atoms with Crippen LogP contribution in [0.25, 0.3) is 0 Å². The first-order valence-electron chi connectivity index (χ1n) is 7.20. The molecule has 3 nitrogen and oxygen atoms in total. The Morgan fingerprint density at radius 3 is 2.63 bits per heavy atom. The Balaban J connectivity index is 1.86. The molecular formula is C16H22N2O. The number of carbonyl (C=O) groups is 1. The largest absolute Gasteiger partial charge is 0.334 e. The minimum Gasteiger partial charge on any atom is -0.334 e. The Morgan fingerprint density at radius 2 is 2.00 bits per heavy atom. The second kappa shape index (κ2) is 4.64. The van der Waals surface area contributed by atoms with Crippen molar-refractivity contribution in [3.8, 4) is 0 Å². The van der Waals surface area contributed by atoms with Gasteiger partial charge in [0.25, 0.3) is 0 Å². The summed E-state index contributed by atoms with van der Waals surface area (Å²) in [6, 6.07) is 10.4. The third-order valence-electron chi connectivity index (χ3n) is 4.65. The normalized spacial score (nSPS) is 27.2. The monoisotopic (exact) mass is 258 g/mol. The molecule has 2 atom stereocenters. The van der Waals surface area contributed by atoms with E-state index in [1.165, 1.54) is 18.4 Å². The van der Waals surface area contributed by atoms with Gasteiger partial charge in [0.15, 0.2) is 0 Å². The summed E-state index contributed by atoms with van der Waals surface area (Å²) in [7, 11) is 0. The number of benzene rings is 1. The zero-order valence-corrected chi connectivity index (χ0v) is 11.7. The highest BCUT2D eigenvalue weighted by Gasteiger charge is 2.48. The van der Waals surface area contributed by atoms with Crippen LogP contribution < -0.4 is 5.32 Å². The van der Waals surface area contributed by atoms with E-state index in [0.29, 0.717) is 5.41 Å². The van der Waals surface area contributed by atoms with Crippen LogP contribution in [0, 0.1) is 5.41 Å². The highest BCUT2D eigenvalue weighted by Crippen LogP contribution is 2.47. The zero-order valence-electron chi connectivity index (χ0n) is 11.7. The molecule has 1 heterocycles. The van der Waals surface area contributed by atoms with Crippen LogP contribution >= 0.6 is 0 Å². The Kier molecular flexibility index (Phi) is 3.09. The summed E-state index contributed by atoms with van der Waals surface area (Å²) in [5.41, 5.74) is 1.57. The Labute approximate surface area is 115 Å². The fourth-order valence-electron chi connectivity index (χ4n) is 2.95. The lowest BCUT2D eigenvalue weighted by molar-refractivity contribution is -0.134. The van der Waals surface area contributed by atoms with E-state index in [-0.39, 0.29) is 18.0 Å². The van der Waals surface area contributed by atoms with Crippen molar-refractivity contribution in [1.29, 1.82) is 0 Å². The highest BCUT2D eigenvalue weighted by atomic mass is 16.2. The van der Waals surface area contributed by atoms with E-state index in [1.807, 2.05) is 25.1 Å². The molecule has 19 heavy (non-hydrogen) atoms. The second-order valence-corrected chi connectivity index (χ2v) is 6.16. The van der Waals surface area contributed by atoms with Crippen LogP contribution in [0.1, 0.15) is 38.3 Å². The topological polar surface area (TPSA) is 32.3 Å². The lowest BCUT2D eigenvalue weighted by Crippen LogP contribution is -2.42. The summed E-state index contributed by atoms with van der Waals surface area (Å²) < 4.78 is 0. The van der Waals surface area contributed by atoms with Gasteiger partial charge in [-0.1, -0.05) is 30.3 Å². The SMILES string of the molecule is CC1NCC2(CC2)CN(C(C)c2ccccc2)C1=O. The number of carbonyl (C=O) groups excluding carboxylic acids is 1. The first kappa shape index (κ1) is 12.7. The van der Waals surface area contributed by atoms with Crippen molar-refractivity contribution in [2.45, 2.75) is 38.8 Å². The van der Waals surface area contributed by atoms with E-state index in [4.69, 9.17) is 0 Å². The summed E-state index contributed by atoms with van der Waals surface area (Å²) in [6.07, 6.45) is 2.50. The molecule has 0 radical (unpaired) electrons. The van der Waals surface area contributed by atoms with Gasteiger partial charge in [-0.05, 0) is 32.3 Å². The molecule has 0 bridgehead atoms. The van der Waals surface area contributed by atoms with Gasteiger partial charge in [0, 0.05) is 18.5 Å². The summed E-state index contributed by atoms with van der Waals surface area (Å²) >= 11 is 0. The molecule has 3 rings (SSSR count). The van der Waals surface area contributed by atoms with Crippen molar-refractivity contribution >= 4 is 5.91 Å². The summed E-state index contributed by atoms with van der Waals surface area (Å²) in [4.78, 5) is 14.6. The third kappa shape index (κ3) is 2.39. The molecule has 1 aromatic rings. The van der Waals surface area contributed by atoms with Crippen molar-refractivity contribution < 1.29 is 4.79 Å². The van der Waals surface area contributed by atoms with Crippen LogP contribution in [0.3, 0.4) is 0 Å². The quantitative estimate of drug-likeness (QED) is 0.883. The van der Waals surface area contributed by atoms with Gasteiger partial charge in [0.2, 0.25) is 5.91 Å². The lowest BCUT2D eigenvalue weighted by Gasteiger charge is -2.31. The predicted octanol–water partition coefficient (Wildman–Crippen LogP) is 2.35. The Morgan fingerprint density at radius 1 is 1.32 bits per heavy atom. The van der Waals surface area contributed by atoms with Crippen molar-refractivity contribution in [3.63, 3.8) is 0 Å². The summed E-state index contributed by atoms with van der Waals surface area (Å²) in [5, 5.41) is 3.39. The molecule has 2 unspecified atom stereocenters. The molecule has 1 amide bonds. The standard InChI is InChI=1S/C16H22N2O/c1-12-15(19)18(11-16(8-9-16)10-17-12)13(2)14-6-4-3-5-7-14/h3-7,12-13,17H,8-11H2,1-2H3. The molecule has 2 aliphatic rings. The lowest BCUT2D eigenvalue weighted by atomic mass is 10.0. The summed E-state index contributed by atoms with van der Waals surface area (Å²) in [5.74, 6) is 0.236. The van der Waals surface area contributed by atoms with E-state index in [2.05, 4.69) is 29.3 Å². The molecule has 2 fully saturated rings. The second-order valence-electron chi connectivity index (χ2n) is 6.16. The molecule has 1 spiro atoms. The first-order valence-corrected chi connectivity index (χ1v) is 7.20. The van der Waals surface area contributed by atoms with E-state index >= 15 is 0 Å². The molecule has 3 heteroatoms. The number of nitrogens with zero attached hydrogens (tertiary/aromatic N) is 1. The smallest absolute Gasteiger partial charge is 0.239 e. The van der Waals surface area contributed by atoms with Crippen molar-refractivity contribution in [2.75, 3.05) is 13.1 Å². The van der Waals surface area contributed by atoms with Crippen molar-refractivity contribution in [1.82, 2.24) is 10.2 Å². The molecule has 102 valence electrons. The van der Waals surface area contributed by atoms with Gasteiger partial charge in [-0.25, -0.2) is 0 Å². The van der Waals surface area contributed by atoms with Crippen LogP contribution in [0.5, 0.6) is 0 Å². The highest BCUT2D eigenvalue weighted by molar-refractivity contribution is 5.82. The molecule has 1 N–H and O–H groups in total. The summed E-state index contributed by atoms with van der Waals surface area (Å²) in [6.45, 7) is 6.01. The van der Waals surface area contributed by atoms with Crippen LogP contribution in [0.15, 0.2) is 30.3 Å². The molecule has 1 aromatic carbocycles. The Hall–Kier alpha value is -1.35.